The lowest BCUT2D eigenvalue weighted by Gasteiger charge is -2.09. The molecule has 0 saturated heterocycles. The molecule has 2 amide bonds. The van der Waals surface area contributed by atoms with Gasteiger partial charge < -0.3 is 0 Å². The van der Waals surface area contributed by atoms with Crippen LogP contribution in [0.4, 0.5) is 0 Å². The zero-order valence-electron chi connectivity index (χ0n) is 10.8. The Morgan fingerprint density at radius 3 is 1.95 bits per heavy atom. The number of carbonyl (C=O) groups is 2. The van der Waals surface area contributed by atoms with Crippen LogP contribution >= 0.6 is 22.6 Å². The molecule has 2 aromatic rings. The zero-order chi connectivity index (χ0) is 14.5. The van der Waals surface area contributed by atoms with Gasteiger partial charge >= 0.3 is 0 Å². The number of nitrogens with one attached hydrogen (secondary N) is 2. The molecule has 0 bridgehead atoms. The van der Waals surface area contributed by atoms with Crippen LogP contribution in [0.15, 0.2) is 48.5 Å². The average molecular weight is 380 g/mol. The summed E-state index contributed by atoms with van der Waals surface area (Å²) >= 11 is 2.08. The highest BCUT2D eigenvalue weighted by Gasteiger charge is 2.12. The van der Waals surface area contributed by atoms with Crippen LogP contribution in [0.5, 0.6) is 0 Å². The summed E-state index contributed by atoms with van der Waals surface area (Å²) in [5, 5.41) is 0. The predicted octanol–water partition coefficient (Wildman–Crippen LogP) is 2.67. The molecule has 2 N–H and O–H groups in total. The molecule has 0 fully saturated rings. The van der Waals surface area contributed by atoms with Crippen molar-refractivity contribution >= 4 is 34.4 Å². The minimum atomic E-state index is -0.336. The first-order valence-corrected chi connectivity index (χ1v) is 7.08. The van der Waals surface area contributed by atoms with Gasteiger partial charge in [-0.05, 0) is 53.3 Å². The molecule has 0 unspecified atom stereocenters. The molecule has 0 radical (unpaired) electrons. The fraction of sp³-hybridized carbons (Fsp3) is 0.0667. The summed E-state index contributed by atoms with van der Waals surface area (Å²) in [5.74, 6) is -0.667. The fourth-order valence-electron chi connectivity index (χ4n) is 1.72. The molecule has 102 valence electrons. The number of hydrogen-bond donors (Lipinski definition) is 2. The molecule has 2 aromatic carbocycles. The third kappa shape index (κ3) is 3.36. The van der Waals surface area contributed by atoms with E-state index in [1.54, 1.807) is 24.3 Å². The molecular formula is C15H13IN2O2. The first-order valence-electron chi connectivity index (χ1n) is 6.00. The maximum Gasteiger partial charge on any atom is 0.270 e. The summed E-state index contributed by atoms with van der Waals surface area (Å²) in [7, 11) is 0. The van der Waals surface area contributed by atoms with Crippen molar-refractivity contribution < 1.29 is 9.59 Å². The Morgan fingerprint density at radius 1 is 0.850 bits per heavy atom. The smallest absolute Gasteiger partial charge is 0.267 e. The third-order valence-corrected chi connectivity index (χ3v) is 3.74. The molecule has 0 spiro atoms. The van der Waals surface area contributed by atoms with Gasteiger partial charge in [-0.3, -0.25) is 20.4 Å². The van der Waals surface area contributed by atoms with Crippen LogP contribution in [0, 0.1) is 10.5 Å². The lowest BCUT2D eigenvalue weighted by atomic mass is 10.1. The van der Waals surface area contributed by atoms with Crippen molar-refractivity contribution in [3.8, 4) is 0 Å². The topological polar surface area (TPSA) is 58.2 Å². The molecule has 0 aliphatic heterocycles. The molecule has 20 heavy (non-hydrogen) atoms. The number of rotatable bonds is 2. The molecule has 0 aliphatic rings. The normalized spacial score (nSPS) is 9.90. The van der Waals surface area contributed by atoms with E-state index in [1.165, 1.54) is 0 Å². The van der Waals surface area contributed by atoms with E-state index < -0.39 is 0 Å². The number of hydrogen-bond acceptors (Lipinski definition) is 2. The van der Waals surface area contributed by atoms with Crippen LogP contribution in [0.2, 0.25) is 0 Å². The molecular weight excluding hydrogens is 367 g/mol. The Labute approximate surface area is 130 Å². The molecule has 5 heteroatoms. The molecule has 0 aromatic heterocycles. The highest BCUT2D eigenvalue weighted by atomic mass is 127. The lowest BCUT2D eigenvalue weighted by molar-refractivity contribution is 0.0846. The van der Waals surface area contributed by atoms with Crippen molar-refractivity contribution in [3.05, 3.63) is 68.8 Å². The van der Waals surface area contributed by atoms with E-state index >= 15 is 0 Å². The monoisotopic (exact) mass is 380 g/mol. The van der Waals surface area contributed by atoms with Gasteiger partial charge in [-0.25, -0.2) is 0 Å². The van der Waals surface area contributed by atoms with Crippen molar-refractivity contribution in [3.63, 3.8) is 0 Å². The van der Waals surface area contributed by atoms with Gasteiger partial charge in [0.25, 0.3) is 11.8 Å². The molecule has 4 nitrogen and oxygen atoms in total. The minimum absolute atomic E-state index is 0.331. The van der Waals surface area contributed by atoms with E-state index in [1.807, 2.05) is 31.2 Å². The van der Waals surface area contributed by atoms with E-state index in [4.69, 9.17) is 0 Å². The summed E-state index contributed by atoms with van der Waals surface area (Å²) in [5.41, 5.74) is 6.76. The predicted molar refractivity (Wildman–Crippen MR) is 85.3 cm³/mol. The number of halogens is 1. The van der Waals surface area contributed by atoms with Crippen molar-refractivity contribution in [2.75, 3.05) is 0 Å². The lowest BCUT2D eigenvalue weighted by Crippen LogP contribution is -2.42. The van der Waals surface area contributed by atoms with Gasteiger partial charge in [0.2, 0.25) is 0 Å². The maximum absolute atomic E-state index is 12.0. The summed E-state index contributed by atoms with van der Waals surface area (Å²) in [6, 6.07) is 14.4. The molecule has 0 heterocycles. The molecule has 0 aliphatic carbocycles. The van der Waals surface area contributed by atoms with E-state index in [-0.39, 0.29) is 11.8 Å². The van der Waals surface area contributed by atoms with Gasteiger partial charge in [-0.2, -0.15) is 0 Å². The van der Waals surface area contributed by atoms with E-state index in [9.17, 15) is 9.59 Å². The quantitative estimate of drug-likeness (QED) is 0.622. The summed E-state index contributed by atoms with van der Waals surface area (Å²) in [4.78, 5) is 23.9. The Kier molecular flexibility index (Phi) is 4.73. The standard InChI is InChI=1S/C15H13IN2O2/c1-10-6-2-3-7-11(10)14(19)17-18-15(20)12-8-4-5-9-13(12)16/h2-9H,1H3,(H,17,19)(H,18,20). The first-order chi connectivity index (χ1) is 9.59. The second-order valence-corrected chi connectivity index (χ2v) is 5.37. The van der Waals surface area contributed by atoms with Gasteiger partial charge in [0.05, 0.1) is 5.56 Å². The highest BCUT2D eigenvalue weighted by Crippen LogP contribution is 2.11. The number of hydrazine groups is 1. The van der Waals surface area contributed by atoms with Crippen molar-refractivity contribution in [2.24, 2.45) is 0 Å². The summed E-state index contributed by atoms with van der Waals surface area (Å²) in [6.07, 6.45) is 0. The van der Waals surface area contributed by atoms with Gasteiger partial charge in [0.15, 0.2) is 0 Å². The van der Waals surface area contributed by atoms with E-state index in [0.29, 0.717) is 11.1 Å². The Morgan fingerprint density at radius 2 is 1.35 bits per heavy atom. The largest absolute Gasteiger partial charge is 0.270 e. The van der Waals surface area contributed by atoms with Crippen LogP contribution in [0.25, 0.3) is 0 Å². The van der Waals surface area contributed by atoms with E-state index in [0.717, 1.165) is 9.13 Å². The first kappa shape index (κ1) is 14.5. The second-order valence-electron chi connectivity index (χ2n) is 4.20. The third-order valence-electron chi connectivity index (χ3n) is 2.80. The Hall–Kier alpha value is -1.89. The van der Waals surface area contributed by atoms with Crippen LogP contribution < -0.4 is 10.9 Å². The SMILES string of the molecule is Cc1ccccc1C(=O)NNC(=O)c1ccccc1I. The number of carbonyl (C=O) groups excluding carboxylic acids is 2. The van der Waals surface area contributed by atoms with Gasteiger partial charge in [0.1, 0.15) is 0 Å². The van der Waals surface area contributed by atoms with Crippen LogP contribution in [0.1, 0.15) is 26.3 Å². The van der Waals surface area contributed by atoms with E-state index in [2.05, 4.69) is 33.4 Å². The fourth-order valence-corrected chi connectivity index (χ4v) is 2.35. The Bertz CT molecular complexity index is 598. The van der Waals surface area contributed by atoms with Gasteiger partial charge in [-0.15, -0.1) is 0 Å². The maximum atomic E-state index is 12.0. The Balaban J connectivity index is 2.03. The number of benzene rings is 2. The van der Waals surface area contributed by atoms with Crippen molar-refractivity contribution in [2.45, 2.75) is 6.92 Å². The highest BCUT2D eigenvalue weighted by molar-refractivity contribution is 14.1. The zero-order valence-corrected chi connectivity index (χ0v) is 13.0. The van der Waals surface area contributed by atoms with Crippen molar-refractivity contribution in [1.29, 1.82) is 0 Å². The van der Waals surface area contributed by atoms with Crippen LogP contribution in [-0.2, 0) is 0 Å². The van der Waals surface area contributed by atoms with Gasteiger partial charge in [0, 0.05) is 9.13 Å². The van der Waals surface area contributed by atoms with Crippen LogP contribution in [-0.4, -0.2) is 11.8 Å². The van der Waals surface area contributed by atoms with Crippen molar-refractivity contribution in [1.82, 2.24) is 10.9 Å². The van der Waals surface area contributed by atoms with Gasteiger partial charge in [-0.1, -0.05) is 30.3 Å². The molecule has 0 atom stereocenters. The number of amides is 2. The second kappa shape index (κ2) is 6.51. The summed E-state index contributed by atoms with van der Waals surface area (Å²) in [6.45, 7) is 1.84. The summed E-state index contributed by atoms with van der Waals surface area (Å²) < 4.78 is 0.827. The average Bonchev–Trinajstić information content (AvgIpc) is 2.45. The molecule has 0 saturated carbocycles. The minimum Gasteiger partial charge on any atom is -0.267 e. The number of aryl methyl sites for hydroxylation is 1. The van der Waals surface area contributed by atoms with Crippen LogP contribution in [0.3, 0.4) is 0 Å². The molecule has 2 rings (SSSR count).